The highest BCUT2D eigenvalue weighted by molar-refractivity contribution is 7.89. The minimum atomic E-state index is -5.21. The Morgan fingerprint density at radius 2 is 1.38 bits per heavy atom. The lowest BCUT2D eigenvalue weighted by molar-refractivity contribution is -0.154. The van der Waals surface area contributed by atoms with E-state index in [-0.39, 0.29) is 12.1 Å². The van der Waals surface area contributed by atoms with Crippen molar-refractivity contribution in [3.63, 3.8) is 0 Å². The number of alkyl halides is 3. The van der Waals surface area contributed by atoms with Crippen molar-refractivity contribution in [2.45, 2.75) is 11.1 Å². The molecule has 0 radical (unpaired) electrons. The molecule has 0 unspecified atom stereocenters. The first-order valence-electron chi connectivity index (χ1n) is 7.34. The lowest BCUT2D eigenvalue weighted by atomic mass is 9.98. The van der Waals surface area contributed by atoms with Crippen LogP contribution in [0.5, 0.6) is 0 Å². The van der Waals surface area contributed by atoms with E-state index < -0.39 is 72.5 Å². The van der Waals surface area contributed by atoms with Crippen LogP contribution in [0.2, 0.25) is 0 Å². The molecule has 5 nitrogen and oxygen atoms in total. The van der Waals surface area contributed by atoms with Crippen LogP contribution in [0.15, 0.2) is 39.8 Å². The molecule has 0 amide bonds. The highest BCUT2D eigenvalue weighted by Crippen LogP contribution is 2.43. The Kier molecular flexibility index (Phi) is 4.91. The third kappa shape index (κ3) is 3.96. The van der Waals surface area contributed by atoms with Crippen LogP contribution in [-0.2, 0) is 16.2 Å². The van der Waals surface area contributed by atoms with Crippen molar-refractivity contribution in [2.24, 2.45) is 5.14 Å². The molecule has 1 heterocycles. The van der Waals surface area contributed by atoms with Crippen LogP contribution >= 0.6 is 0 Å². The van der Waals surface area contributed by atoms with E-state index in [9.17, 15) is 39.2 Å². The second-order valence-corrected chi connectivity index (χ2v) is 7.20. The molecule has 0 aliphatic rings. The highest BCUT2D eigenvalue weighted by Gasteiger charge is 2.41. The number of benzene rings is 2. The zero-order valence-electron chi connectivity index (χ0n) is 13.7. The van der Waals surface area contributed by atoms with Crippen molar-refractivity contribution in [3.8, 4) is 22.4 Å². The number of nitrogens with zero attached hydrogens (tertiary/aromatic N) is 1. The van der Waals surface area contributed by atoms with Gasteiger partial charge in [0, 0.05) is 11.6 Å². The smallest absolute Gasteiger partial charge is 0.350 e. The second-order valence-electron chi connectivity index (χ2n) is 5.71. The van der Waals surface area contributed by atoms with Gasteiger partial charge in [0.05, 0.1) is 5.56 Å². The molecule has 1 aromatic heterocycles. The molecule has 2 N–H and O–H groups in total. The first-order valence-corrected chi connectivity index (χ1v) is 8.89. The van der Waals surface area contributed by atoms with Crippen molar-refractivity contribution in [3.05, 3.63) is 59.4 Å². The van der Waals surface area contributed by atoms with Crippen molar-refractivity contribution in [2.75, 3.05) is 0 Å². The number of hydrogen-bond acceptors (Lipinski definition) is 4. The summed E-state index contributed by atoms with van der Waals surface area (Å²) in [4.78, 5) is -1.57. The quantitative estimate of drug-likeness (QED) is 0.618. The average molecular weight is 440 g/mol. The summed E-state index contributed by atoms with van der Waals surface area (Å²) in [5.41, 5.74) is -3.20. The molecule has 2 aromatic carbocycles. The van der Waals surface area contributed by atoms with Crippen LogP contribution in [0.3, 0.4) is 0 Å². The molecular weight excluding hydrogens is 433 g/mol. The van der Waals surface area contributed by atoms with Crippen molar-refractivity contribution < 1.29 is 43.7 Å². The van der Waals surface area contributed by atoms with Crippen LogP contribution in [-0.4, -0.2) is 13.6 Å². The van der Waals surface area contributed by atoms with E-state index in [0.717, 1.165) is 0 Å². The number of rotatable bonds is 3. The Hall–Kier alpha value is -2.93. The summed E-state index contributed by atoms with van der Waals surface area (Å²) in [6, 6.07) is 2.19. The van der Waals surface area contributed by atoms with Gasteiger partial charge in [-0.05, 0) is 29.8 Å². The van der Waals surface area contributed by atoms with E-state index in [4.69, 9.17) is 0 Å². The number of aromatic nitrogens is 1. The van der Waals surface area contributed by atoms with Crippen LogP contribution in [0, 0.1) is 23.3 Å². The fraction of sp³-hybridized carbons (Fsp3) is 0.0625. The summed E-state index contributed by atoms with van der Waals surface area (Å²) in [6.45, 7) is 0. The molecule has 29 heavy (non-hydrogen) atoms. The van der Waals surface area contributed by atoms with Gasteiger partial charge in [-0.1, -0.05) is 5.16 Å². The van der Waals surface area contributed by atoms with E-state index in [1.165, 1.54) is 0 Å². The number of primary sulfonamides is 1. The third-order valence-corrected chi connectivity index (χ3v) is 4.62. The number of sulfonamides is 1. The number of halogens is 7. The normalized spacial score (nSPS) is 12.4. The molecule has 0 aliphatic carbocycles. The molecule has 0 fully saturated rings. The van der Waals surface area contributed by atoms with Crippen molar-refractivity contribution in [1.29, 1.82) is 0 Å². The molecule has 0 spiro atoms. The molecule has 13 heteroatoms. The Labute approximate surface area is 157 Å². The summed E-state index contributed by atoms with van der Waals surface area (Å²) < 4.78 is 122. The monoisotopic (exact) mass is 440 g/mol. The van der Waals surface area contributed by atoms with Crippen LogP contribution in [0.1, 0.15) is 5.76 Å². The van der Waals surface area contributed by atoms with Gasteiger partial charge < -0.3 is 4.52 Å². The van der Waals surface area contributed by atoms with Gasteiger partial charge in [0.2, 0.25) is 15.8 Å². The Morgan fingerprint density at radius 3 is 1.83 bits per heavy atom. The molecule has 0 saturated heterocycles. The predicted octanol–water partition coefficient (Wildman–Crippen LogP) is 4.23. The zero-order valence-corrected chi connectivity index (χ0v) is 14.5. The van der Waals surface area contributed by atoms with E-state index >= 15 is 0 Å². The second kappa shape index (κ2) is 6.84. The topological polar surface area (TPSA) is 86.2 Å². The lowest BCUT2D eigenvalue weighted by Gasteiger charge is -2.10. The summed E-state index contributed by atoms with van der Waals surface area (Å²) in [5, 5.41) is 7.80. The van der Waals surface area contributed by atoms with Crippen LogP contribution < -0.4 is 5.14 Å². The molecule has 0 atom stereocenters. The van der Waals surface area contributed by atoms with Gasteiger partial charge in [-0.3, -0.25) is 0 Å². The average Bonchev–Trinajstić information content (AvgIpc) is 2.96. The van der Waals surface area contributed by atoms with Crippen molar-refractivity contribution in [1.82, 2.24) is 5.16 Å². The van der Waals surface area contributed by atoms with Crippen LogP contribution in [0.4, 0.5) is 30.7 Å². The van der Waals surface area contributed by atoms with Gasteiger partial charge in [-0.25, -0.2) is 31.1 Å². The van der Waals surface area contributed by atoms with Gasteiger partial charge >= 0.3 is 6.18 Å². The van der Waals surface area contributed by atoms with Gasteiger partial charge in [-0.15, -0.1) is 0 Å². The summed E-state index contributed by atoms with van der Waals surface area (Å²) in [6.07, 6.45) is -5.21. The summed E-state index contributed by atoms with van der Waals surface area (Å²) in [5.74, 6) is -7.71. The van der Waals surface area contributed by atoms with E-state index in [1.807, 2.05) is 0 Å². The lowest BCUT2D eigenvalue weighted by Crippen LogP contribution is -2.16. The molecule has 3 aromatic rings. The summed E-state index contributed by atoms with van der Waals surface area (Å²) >= 11 is 0. The fourth-order valence-electron chi connectivity index (χ4n) is 2.62. The fourth-order valence-corrected chi connectivity index (χ4v) is 3.28. The molecule has 0 saturated carbocycles. The van der Waals surface area contributed by atoms with Gasteiger partial charge in [0.1, 0.15) is 29.0 Å². The standard InChI is InChI=1S/C16H7F7N2O3S/c17-8-1-7(2-9(18)5-8)13-12(15(28-25-13)16(21,22)23)6-3-10(19)14(11(20)4-6)29(24,26)27/h1-5H,(H2,24,26,27). The minimum Gasteiger partial charge on any atom is -0.350 e. The van der Waals surface area contributed by atoms with Crippen molar-refractivity contribution >= 4 is 10.0 Å². The van der Waals surface area contributed by atoms with E-state index in [0.29, 0.717) is 18.2 Å². The van der Waals surface area contributed by atoms with Gasteiger partial charge in [0.25, 0.3) is 0 Å². The number of nitrogens with two attached hydrogens (primary N) is 1. The summed E-state index contributed by atoms with van der Waals surface area (Å²) in [7, 11) is -4.87. The maximum atomic E-state index is 14.1. The van der Waals surface area contributed by atoms with Gasteiger partial charge in [-0.2, -0.15) is 13.2 Å². The maximum Gasteiger partial charge on any atom is 0.453 e. The Morgan fingerprint density at radius 1 is 0.862 bits per heavy atom. The molecular formula is C16H7F7N2O3S. The van der Waals surface area contributed by atoms with Gasteiger partial charge in [0.15, 0.2) is 4.90 Å². The molecule has 154 valence electrons. The Bertz CT molecular complexity index is 1180. The van der Waals surface area contributed by atoms with E-state index in [2.05, 4.69) is 14.8 Å². The predicted molar refractivity (Wildman–Crippen MR) is 83.6 cm³/mol. The first kappa shape index (κ1) is 20.8. The van der Waals surface area contributed by atoms with Crippen LogP contribution in [0.25, 0.3) is 22.4 Å². The first-order chi connectivity index (χ1) is 13.3. The largest absolute Gasteiger partial charge is 0.453 e. The Balaban J connectivity index is 2.35. The SMILES string of the molecule is NS(=O)(=O)c1c(F)cc(-c2c(-c3cc(F)cc(F)c3)noc2C(F)(F)F)cc1F. The number of hydrogen-bond donors (Lipinski definition) is 1. The molecule has 0 bridgehead atoms. The molecule has 3 rings (SSSR count). The minimum absolute atomic E-state index is 0.254. The highest BCUT2D eigenvalue weighted by atomic mass is 32.2. The van der Waals surface area contributed by atoms with E-state index in [1.54, 1.807) is 0 Å². The zero-order chi connectivity index (χ0) is 21.7. The molecule has 0 aliphatic heterocycles. The third-order valence-electron chi connectivity index (χ3n) is 3.66. The maximum absolute atomic E-state index is 14.1.